The minimum Gasteiger partial charge on any atom is -0.378 e. The molecule has 2 fully saturated rings. The molecule has 2 heterocycles. The monoisotopic (exact) mass is 395 g/mol. The van der Waals surface area contributed by atoms with Gasteiger partial charge in [0.05, 0.1) is 0 Å². The molecule has 2 saturated heterocycles. The lowest BCUT2D eigenvalue weighted by Gasteiger charge is -2.39. The molecular formula is C18H29N5O3S. The van der Waals surface area contributed by atoms with Crippen molar-refractivity contribution < 1.29 is 13.2 Å². The Morgan fingerprint density at radius 1 is 0.926 bits per heavy atom. The topological polar surface area (TPSA) is 67.4 Å². The largest absolute Gasteiger partial charge is 0.378 e. The minimum absolute atomic E-state index is 0.0460. The van der Waals surface area contributed by atoms with E-state index in [1.807, 2.05) is 50.3 Å². The number of amides is 1. The molecule has 0 saturated carbocycles. The first-order valence-corrected chi connectivity index (χ1v) is 10.7. The second-order valence-electron chi connectivity index (χ2n) is 7.35. The predicted molar refractivity (Wildman–Crippen MR) is 106 cm³/mol. The normalized spacial score (nSPS) is 20.6. The Morgan fingerprint density at radius 3 is 2.04 bits per heavy atom. The number of piperazine rings is 2. The average Bonchev–Trinajstić information content (AvgIpc) is 2.68. The maximum absolute atomic E-state index is 12.8. The summed E-state index contributed by atoms with van der Waals surface area (Å²) in [5.41, 5.74) is 1.61. The molecule has 9 heteroatoms. The molecule has 0 aliphatic carbocycles. The van der Waals surface area contributed by atoms with Crippen molar-refractivity contribution in [3.8, 4) is 0 Å². The zero-order valence-electron chi connectivity index (χ0n) is 16.3. The summed E-state index contributed by atoms with van der Waals surface area (Å²) >= 11 is 0. The zero-order chi connectivity index (χ0) is 19.6. The van der Waals surface area contributed by atoms with Crippen molar-refractivity contribution >= 4 is 21.8 Å². The number of hydrogen-bond donors (Lipinski definition) is 0. The molecule has 0 bridgehead atoms. The second kappa shape index (κ2) is 8.14. The second-order valence-corrected chi connectivity index (χ2v) is 9.27. The van der Waals surface area contributed by atoms with Crippen LogP contribution in [-0.4, -0.2) is 106 Å². The maximum Gasteiger partial charge on any atom is 0.282 e. The first-order valence-electron chi connectivity index (χ1n) is 9.29. The van der Waals surface area contributed by atoms with Crippen molar-refractivity contribution in [1.82, 2.24) is 18.4 Å². The third kappa shape index (κ3) is 4.43. The van der Waals surface area contributed by atoms with Gasteiger partial charge in [-0.25, -0.2) is 0 Å². The lowest BCUT2D eigenvalue weighted by atomic mass is 10.1. The van der Waals surface area contributed by atoms with E-state index in [9.17, 15) is 13.2 Å². The van der Waals surface area contributed by atoms with Gasteiger partial charge in [0.2, 0.25) is 0 Å². The van der Waals surface area contributed by atoms with Gasteiger partial charge in [-0.05, 0) is 25.2 Å². The zero-order valence-corrected chi connectivity index (χ0v) is 17.2. The Morgan fingerprint density at radius 2 is 1.48 bits per heavy atom. The van der Waals surface area contributed by atoms with Gasteiger partial charge in [-0.2, -0.15) is 17.0 Å². The summed E-state index contributed by atoms with van der Waals surface area (Å²) in [4.78, 5) is 18.6. The number of carbonyl (C=O) groups excluding carboxylic acids is 1. The molecule has 3 rings (SSSR count). The number of benzene rings is 1. The van der Waals surface area contributed by atoms with Crippen molar-refractivity contribution in [2.75, 3.05) is 78.4 Å². The van der Waals surface area contributed by atoms with Gasteiger partial charge in [-0.3, -0.25) is 4.79 Å². The maximum atomic E-state index is 12.8. The highest BCUT2D eigenvalue weighted by molar-refractivity contribution is 7.86. The van der Waals surface area contributed by atoms with Crippen LogP contribution in [0.3, 0.4) is 0 Å². The molecule has 1 aromatic carbocycles. The van der Waals surface area contributed by atoms with Crippen molar-refractivity contribution in [2.24, 2.45) is 0 Å². The molecule has 1 amide bonds. The lowest BCUT2D eigenvalue weighted by molar-refractivity contribution is 0.0692. The van der Waals surface area contributed by atoms with E-state index >= 15 is 0 Å². The van der Waals surface area contributed by atoms with Crippen LogP contribution >= 0.6 is 0 Å². The van der Waals surface area contributed by atoms with Crippen LogP contribution in [0.25, 0.3) is 0 Å². The van der Waals surface area contributed by atoms with E-state index in [-0.39, 0.29) is 5.91 Å². The number of anilines is 1. The summed E-state index contributed by atoms with van der Waals surface area (Å²) in [5.74, 6) is -0.0460. The molecule has 2 aliphatic rings. The van der Waals surface area contributed by atoms with Crippen LogP contribution in [0.15, 0.2) is 24.3 Å². The Labute approximate surface area is 162 Å². The summed E-state index contributed by atoms with van der Waals surface area (Å²) in [6.45, 7) is 4.06. The number of rotatable bonds is 4. The average molecular weight is 396 g/mol. The number of hydrogen-bond acceptors (Lipinski definition) is 5. The highest BCUT2D eigenvalue weighted by Gasteiger charge is 2.34. The van der Waals surface area contributed by atoms with Crippen LogP contribution in [0.5, 0.6) is 0 Å². The quantitative estimate of drug-likeness (QED) is 0.718. The first kappa shape index (κ1) is 20.1. The third-order valence-corrected chi connectivity index (χ3v) is 7.29. The fourth-order valence-corrected chi connectivity index (χ4v) is 4.98. The molecule has 27 heavy (non-hydrogen) atoms. The third-order valence-electron chi connectivity index (χ3n) is 5.25. The molecule has 150 valence electrons. The van der Waals surface area contributed by atoms with Gasteiger partial charge >= 0.3 is 0 Å². The van der Waals surface area contributed by atoms with Crippen LogP contribution < -0.4 is 4.90 Å². The Kier molecular flexibility index (Phi) is 6.05. The van der Waals surface area contributed by atoms with Crippen molar-refractivity contribution in [2.45, 2.75) is 0 Å². The highest BCUT2D eigenvalue weighted by atomic mass is 32.2. The van der Waals surface area contributed by atoms with E-state index in [4.69, 9.17) is 0 Å². The molecule has 0 spiro atoms. The SMILES string of the molecule is CN1CCN(S(=O)(=O)N2CCN(C(=O)c3cccc(N(C)C)c3)CC2)CC1. The molecule has 0 unspecified atom stereocenters. The molecule has 8 nitrogen and oxygen atoms in total. The molecule has 0 radical (unpaired) electrons. The fraction of sp³-hybridized carbons (Fsp3) is 0.611. The van der Waals surface area contributed by atoms with E-state index in [0.717, 1.165) is 18.8 Å². The van der Waals surface area contributed by atoms with E-state index in [1.54, 1.807) is 9.21 Å². The number of likely N-dealkylation sites (N-methyl/N-ethyl adjacent to an activating group) is 1. The Hall–Kier alpha value is -1.68. The molecular weight excluding hydrogens is 366 g/mol. The Balaban J connectivity index is 1.61. The summed E-state index contributed by atoms with van der Waals surface area (Å²) in [6, 6.07) is 7.51. The van der Waals surface area contributed by atoms with Crippen molar-refractivity contribution in [3.63, 3.8) is 0 Å². The summed E-state index contributed by atoms with van der Waals surface area (Å²) in [6.07, 6.45) is 0. The molecule has 2 aliphatic heterocycles. The predicted octanol–water partition coefficient (Wildman–Crippen LogP) is 0.00260. The highest BCUT2D eigenvalue weighted by Crippen LogP contribution is 2.18. The lowest BCUT2D eigenvalue weighted by Crippen LogP contribution is -2.57. The summed E-state index contributed by atoms with van der Waals surface area (Å²) < 4.78 is 28.7. The van der Waals surface area contributed by atoms with Gasteiger partial charge in [0, 0.05) is 77.7 Å². The van der Waals surface area contributed by atoms with Gasteiger partial charge in [0.15, 0.2) is 0 Å². The smallest absolute Gasteiger partial charge is 0.282 e. The molecule has 1 aromatic rings. The van der Waals surface area contributed by atoms with Crippen LogP contribution in [0.1, 0.15) is 10.4 Å². The number of carbonyl (C=O) groups is 1. The van der Waals surface area contributed by atoms with Gasteiger partial charge < -0.3 is 14.7 Å². The van der Waals surface area contributed by atoms with E-state index in [0.29, 0.717) is 44.8 Å². The van der Waals surface area contributed by atoms with E-state index in [2.05, 4.69) is 4.90 Å². The van der Waals surface area contributed by atoms with Gasteiger partial charge in [0.1, 0.15) is 0 Å². The van der Waals surface area contributed by atoms with E-state index < -0.39 is 10.2 Å². The van der Waals surface area contributed by atoms with Crippen molar-refractivity contribution in [1.29, 1.82) is 0 Å². The molecule has 0 N–H and O–H groups in total. The molecule has 0 aromatic heterocycles. The van der Waals surface area contributed by atoms with Gasteiger partial charge in [-0.15, -0.1) is 0 Å². The fourth-order valence-electron chi connectivity index (χ4n) is 3.40. The minimum atomic E-state index is -3.44. The van der Waals surface area contributed by atoms with Crippen LogP contribution in [-0.2, 0) is 10.2 Å². The Bertz CT molecular complexity index is 767. The van der Waals surface area contributed by atoms with Crippen LogP contribution in [0.2, 0.25) is 0 Å². The van der Waals surface area contributed by atoms with Crippen LogP contribution in [0.4, 0.5) is 5.69 Å². The summed E-state index contributed by atoms with van der Waals surface area (Å²) in [5, 5.41) is 0. The van der Waals surface area contributed by atoms with E-state index in [1.165, 1.54) is 4.31 Å². The van der Waals surface area contributed by atoms with Gasteiger partial charge in [-0.1, -0.05) is 6.07 Å². The van der Waals surface area contributed by atoms with Crippen molar-refractivity contribution in [3.05, 3.63) is 29.8 Å². The first-order chi connectivity index (χ1) is 12.8. The summed E-state index contributed by atoms with van der Waals surface area (Å²) in [7, 11) is 2.43. The number of nitrogens with zero attached hydrogens (tertiary/aromatic N) is 5. The van der Waals surface area contributed by atoms with Gasteiger partial charge in [0.25, 0.3) is 16.1 Å². The molecule has 0 atom stereocenters. The standard InChI is InChI=1S/C18H29N5O3S/c1-19(2)17-6-4-5-16(15-17)18(24)21-9-13-23(14-10-21)27(25,26)22-11-7-20(3)8-12-22/h4-6,15H,7-14H2,1-3H3. The van der Waals surface area contributed by atoms with Crippen LogP contribution in [0, 0.1) is 0 Å².